The van der Waals surface area contributed by atoms with Crippen LogP contribution in [0.15, 0.2) is 93.6 Å². The molecule has 0 atom stereocenters. The third-order valence-corrected chi connectivity index (χ3v) is 12.0. The fraction of sp³-hybridized carbons (Fsp3) is 0.587. The van der Waals surface area contributed by atoms with Crippen molar-refractivity contribution in [3.63, 3.8) is 0 Å². The summed E-state index contributed by atoms with van der Waals surface area (Å²) in [4.78, 5) is 17.0. The number of carbonyl (C=O) groups excluding carboxylic acids is 1. The van der Waals surface area contributed by atoms with Crippen LogP contribution in [0.3, 0.4) is 0 Å². The number of nitrogens with one attached hydrogen (secondary N) is 1. The van der Waals surface area contributed by atoms with Crippen LogP contribution in [0.25, 0.3) is 0 Å². The van der Waals surface area contributed by atoms with E-state index in [2.05, 4.69) is 100 Å². The van der Waals surface area contributed by atoms with E-state index in [1.807, 2.05) is 0 Å². The van der Waals surface area contributed by atoms with E-state index in [0.29, 0.717) is 45.2 Å². The fourth-order valence-electron chi connectivity index (χ4n) is 7.50. The molecule has 2 N–H and O–H groups in total. The number of nitrogens with zero attached hydrogens (tertiary/aromatic N) is 2. The number of carbonyl (C=O) groups is 1. The summed E-state index contributed by atoms with van der Waals surface area (Å²) in [6, 6.07) is 4.85. The Morgan fingerprint density at radius 2 is 1.71 bits per heavy atom. The first-order valence-corrected chi connectivity index (χ1v) is 23.2. The number of hydrogen-bond acceptors (Lipinski definition) is 8. The molecule has 0 saturated heterocycles. The van der Waals surface area contributed by atoms with E-state index < -0.39 is 15.5 Å². The van der Waals surface area contributed by atoms with Crippen molar-refractivity contribution < 1.29 is 32.0 Å². The highest BCUT2D eigenvalue weighted by Gasteiger charge is 2.40. The van der Waals surface area contributed by atoms with Gasteiger partial charge in [-0.2, -0.15) is 8.42 Å². The molecule has 58 heavy (non-hydrogen) atoms. The highest BCUT2D eigenvalue weighted by molar-refractivity contribution is 7.85. The van der Waals surface area contributed by atoms with E-state index in [4.69, 9.17) is 25.8 Å². The second-order valence-electron chi connectivity index (χ2n) is 16.6. The maximum Gasteiger partial charge on any atom is 0.294 e. The number of benzene rings is 1. The zero-order valence-electron chi connectivity index (χ0n) is 36.0. The van der Waals surface area contributed by atoms with Crippen LogP contribution in [0.2, 0.25) is 0 Å². The first-order chi connectivity index (χ1) is 27.6. The summed E-state index contributed by atoms with van der Waals surface area (Å²) in [5, 5.41) is 2.95. The molecule has 3 aliphatic rings. The van der Waals surface area contributed by atoms with Crippen molar-refractivity contribution in [3.05, 3.63) is 94.3 Å². The highest BCUT2D eigenvalue weighted by atomic mass is 35.5. The summed E-state index contributed by atoms with van der Waals surface area (Å²) >= 11 is 5.71. The van der Waals surface area contributed by atoms with Crippen molar-refractivity contribution >= 4 is 33.3 Å². The van der Waals surface area contributed by atoms with Gasteiger partial charge in [-0.25, -0.2) is 0 Å². The minimum atomic E-state index is -4.38. The number of unbranched alkanes of at least 4 members (excludes halogenated alkanes) is 5. The maximum atomic E-state index is 12.5. The van der Waals surface area contributed by atoms with Gasteiger partial charge >= 0.3 is 0 Å². The Hall–Kier alpha value is -3.35. The average molecular weight is 843 g/mol. The molecule has 0 saturated carbocycles. The van der Waals surface area contributed by atoms with Gasteiger partial charge in [-0.15, -0.1) is 11.6 Å². The third kappa shape index (κ3) is 13.3. The van der Waals surface area contributed by atoms with Gasteiger partial charge < -0.3 is 29.3 Å². The second kappa shape index (κ2) is 22.3. The van der Waals surface area contributed by atoms with Gasteiger partial charge in [-0.3, -0.25) is 9.35 Å². The van der Waals surface area contributed by atoms with Gasteiger partial charge in [0.2, 0.25) is 5.91 Å². The lowest BCUT2D eigenvalue weighted by molar-refractivity contribution is -0.121. The van der Waals surface area contributed by atoms with Gasteiger partial charge in [0.05, 0.1) is 24.7 Å². The molecule has 0 spiro atoms. The fourth-order valence-corrected chi connectivity index (χ4v) is 8.19. The van der Waals surface area contributed by atoms with Gasteiger partial charge in [0.25, 0.3) is 10.1 Å². The molecule has 1 aliphatic carbocycles. The second-order valence-corrected chi connectivity index (χ2v) is 18.4. The molecule has 322 valence electrons. The van der Waals surface area contributed by atoms with Crippen molar-refractivity contribution in [3.8, 4) is 0 Å². The van der Waals surface area contributed by atoms with Crippen molar-refractivity contribution in [2.24, 2.45) is 5.41 Å². The zero-order chi connectivity index (χ0) is 42.3. The average Bonchev–Trinajstić information content (AvgIpc) is 3.38. The van der Waals surface area contributed by atoms with Crippen molar-refractivity contribution in [2.45, 2.75) is 117 Å². The van der Waals surface area contributed by atoms with Crippen LogP contribution in [0.5, 0.6) is 0 Å². The zero-order valence-corrected chi connectivity index (χ0v) is 37.6. The first-order valence-electron chi connectivity index (χ1n) is 21.2. The first kappa shape index (κ1) is 47.3. The molecule has 0 radical (unpaired) electrons. The number of halogens is 1. The number of anilines is 1. The van der Waals surface area contributed by atoms with E-state index in [-0.39, 0.29) is 16.2 Å². The van der Waals surface area contributed by atoms with Gasteiger partial charge in [-0.05, 0) is 87.4 Å². The van der Waals surface area contributed by atoms with Crippen LogP contribution >= 0.6 is 11.6 Å². The molecule has 1 amide bonds. The van der Waals surface area contributed by atoms with Crippen LogP contribution in [0.1, 0.15) is 112 Å². The smallest absolute Gasteiger partial charge is 0.294 e. The molecule has 12 heteroatoms. The largest absolute Gasteiger partial charge is 0.461 e. The summed E-state index contributed by atoms with van der Waals surface area (Å²) in [5.74, 6) is 2.52. The maximum absolute atomic E-state index is 12.5. The molecule has 0 unspecified atom stereocenters. The lowest BCUT2D eigenvalue weighted by atomic mass is 9.83. The number of ether oxygens (including phenoxy) is 3. The number of hydrogen-bond donors (Lipinski definition) is 2. The van der Waals surface area contributed by atoms with Crippen molar-refractivity contribution in [1.29, 1.82) is 0 Å². The molecule has 1 aromatic carbocycles. The van der Waals surface area contributed by atoms with Gasteiger partial charge in [0.15, 0.2) is 0 Å². The number of rotatable bonds is 24. The number of amides is 1. The Bertz CT molecular complexity index is 1850. The van der Waals surface area contributed by atoms with E-state index >= 15 is 0 Å². The number of likely N-dealkylation sites (N-methyl/N-ethyl adjacent to an activating group) is 1. The van der Waals surface area contributed by atoms with E-state index in [1.54, 1.807) is 12.1 Å². The lowest BCUT2D eigenvalue weighted by Crippen LogP contribution is -2.28. The molecule has 0 aromatic heterocycles. The highest BCUT2D eigenvalue weighted by Crippen LogP contribution is 2.49. The molecule has 0 fully saturated rings. The predicted octanol–water partition coefficient (Wildman–Crippen LogP) is 9.75. The topological polar surface area (TPSA) is 118 Å². The molecule has 2 aliphatic heterocycles. The lowest BCUT2D eigenvalue weighted by Gasteiger charge is -2.33. The van der Waals surface area contributed by atoms with Gasteiger partial charge in [-0.1, -0.05) is 72.1 Å². The Kier molecular flexibility index (Phi) is 18.2. The Labute approximate surface area is 353 Å². The predicted molar refractivity (Wildman–Crippen MR) is 236 cm³/mol. The molecule has 4 rings (SSSR count). The van der Waals surface area contributed by atoms with E-state index in [1.165, 1.54) is 11.8 Å². The quantitative estimate of drug-likeness (QED) is 0.0596. The molecule has 10 nitrogen and oxygen atoms in total. The molecular weight excluding hydrogens is 774 g/mol. The summed E-state index contributed by atoms with van der Waals surface area (Å²) in [6.07, 6.45) is 20.9. The third-order valence-electron chi connectivity index (χ3n) is 10.9. The van der Waals surface area contributed by atoms with Gasteiger partial charge in [0.1, 0.15) is 11.5 Å². The van der Waals surface area contributed by atoms with Gasteiger partial charge in [0, 0.05) is 84.6 Å². The van der Waals surface area contributed by atoms with Crippen molar-refractivity contribution in [2.75, 3.05) is 63.4 Å². The Morgan fingerprint density at radius 1 is 1.00 bits per heavy atom. The SMILES string of the molecule is CCN(CC)C1=CCC2=C(/C=C/C=C3/N(CCCCCC(=O)NCCOCCOCCCCCCCl)c4ccc(S(=O)(=O)O)cc4C3(C)C)C=C(C(C)(C)C)OC2=C1. The minimum absolute atomic E-state index is 0.01000. The summed E-state index contributed by atoms with van der Waals surface area (Å²) in [6.45, 7) is 20.2. The molecule has 0 bridgehead atoms. The normalized spacial score (nSPS) is 17.2. The van der Waals surface area contributed by atoms with Crippen LogP contribution in [0.4, 0.5) is 5.69 Å². The summed E-state index contributed by atoms with van der Waals surface area (Å²) in [7, 11) is -4.38. The summed E-state index contributed by atoms with van der Waals surface area (Å²) < 4.78 is 52.0. The standard InChI is InChI=1S/C46H68ClN3O7S/c1-8-49(9-2)36-21-23-38-35(32-43(45(3,4)5)57-41(38)33-36)18-17-19-42-46(6,7)39-34-37(58(52,53)54)22-24-40(39)50(42)27-15-12-13-20-44(51)48-26-29-56-31-30-55-28-16-11-10-14-25-47/h17-19,21-22,24,32-34H,8-16,20,23,25-31H2,1-7H3,(H,48,51)(H,52,53,54)/b18-17+,42-19+. The van der Waals surface area contributed by atoms with Crippen molar-refractivity contribution in [1.82, 2.24) is 10.2 Å². The van der Waals surface area contributed by atoms with Crippen LogP contribution in [0, 0.1) is 5.41 Å². The Balaban J connectivity index is 1.40. The van der Waals surface area contributed by atoms with Crippen LogP contribution in [-0.4, -0.2) is 82.3 Å². The number of fused-ring (bicyclic) bond motifs is 2. The number of alkyl halides is 1. The van der Waals surface area contributed by atoms with E-state index in [0.717, 1.165) is 111 Å². The minimum Gasteiger partial charge on any atom is -0.461 e. The monoisotopic (exact) mass is 841 g/mol. The molecule has 1 aromatic rings. The summed E-state index contributed by atoms with van der Waals surface area (Å²) in [5.41, 5.74) is 5.46. The van der Waals surface area contributed by atoms with Crippen LogP contribution in [-0.2, 0) is 34.5 Å². The van der Waals surface area contributed by atoms with E-state index in [9.17, 15) is 17.8 Å². The Morgan fingerprint density at radius 3 is 2.40 bits per heavy atom. The van der Waals surface area contributed by atoms with Crippen LogP contribution < -0.4 is 10.2 Å². The molecule has 2 heterocycles. The molecular formula is C46H68ClN3O7S. The number of allylic oxidation sites excluding steroid dienone is 10.